The molecule has 0 bridgehead atoms. The Labute approximate surface area is 107 Å². The van der Waals surface area contributed by atoms with E-state index >= 15 is 0 Å². The highest BCUT2D eigenvalue weighted by Gasteiger charge is 2.51. The average Bonchev–Trinajstić information content (AvgIpc) is 2.67. The van der Waals surface area contributed by atoms with Crippen molar-refractivity contribution in [1.82, 2.24) is 4.31 Å². The van der Waals surface area contributed by atoms with Crippen molar-refractivity contribution in [2.24, 2.45) is 5.92 Å². The fourth-order valence-electron chi connectivity index (χ4n) is 2.79. The zero-order chi connectivity index (χ0) is 12.9. The van der Waals surface area contributed by atoms with Crippen LogP contribution in [0.4, 0.5) is 0 Å². The Morgan fingerprint density at radius 2 is 1.89 bits per heavy atom. The van der Waals surface area contributed by atoms with Crippen LogP contribution in [0.5, 0.6) is 0 Å². The average molecular weight is 265 g/mol. The number of sulfonamides is 1. The first-order valence-electron chi connectivity index (χ1n) is 6.11. The van der Waals surface area contributed by atoms with Gasteiger partial charge in [-0.3, -0.25) is 4.79 Å². The number of carbonyl (C=O) groups is 1. The molecule has 1 saturated heterocycles. The highest BCUT2D eigenvalue weighted by molar-refractivity contribution is 7.89. The Balaban J connectivity index is 1.92. The van der Waals surface area contributed by atoms with E-state index in [1.807, 2.05) is 6.92 Å². The third-order valence-electron chi connectivity index (χ3n) is 3.95. The number of rotatable bonds is 2. The van der Waals surface area contributed by atoms with E-state index in [-0.39, 0.29) is 17.7 Å². The first-order valence-corrected chi connectivity index (χ1v) is 7.55. The predicted octanol–water partition coefficient (Wildman–Crippen LogP) is 1.35. The number of aryl methyl sites for hydroxylation is 1. The lowest BCUT2D eigenvalue weighted by atomic mass is 9.79. The molecule has 18 heavy (non-hydrogen) atoms. The summed E-state index contributed by atoms with van der Waals surface area (Å²) in [5.41, 5.74) is 1.03. The molecule has 1 saturated carbocycles. The Morgan fingerprint density at radius 1 is 1.22 bits per heavy atom. The second kappa shape index (κ2) is 3.90. The van der Waals surface area contributed by atoms with Crippen LogP contribution in [0, 0.1) is 12.8 Å². The zero-order valence-electron chi connectivity index (χ0n) is 10.2. The van der Waals surface area contributed by atoms with Crippen molar-refractivity contribution < 1.29 is 13.2 Å². The van der Waals surface area contributed by atoms with Gasteiger partial charge in [-0.15, -0.1) is 0 Å². The SMILES string of the molecule is Cc1ccc(S(=O)(=O)N2CC[C@@H]3C(=O)C[C@@H]32)cc1. The number of hydrogen-bond donors (Lipinski definition) is 0. The molecule has 1 aliphatic heterocycles. The van der Waals surface area contributed by atoms with Crippen molar-refractivity contribution in [1.29, 1.82) is 0 Å². The molecule has 2 atom stereocenters. The van der Waals surface area contributed by atoms with Gasteiger partial charge in [-0.05, 0) is 25.5 Å². The van der Waals surface area contributed by atoms with Crippen LogP contribution >= 0.6 is 0 Å². The number of carbonyl (C=O) groups excluding carboxylic acids is 1. The molecule has 1 heterocycles. The predicted molar refractivity (Wildman–Crippen MR) is 66.6 cm³/mol. The highest BCUT2D eigenvalue weighted by Crippen LogP contribution is 2.40. The molecule has 0 aromatic heterocycles. The highest BCUT2D eigenvalue weighted by atomic mass is 32.2. The third kappa shape index (κ3) is 1.61. The molecule has 1 aromatic rings. The van der Waals surface area contributed by atoms with Gasteiger partial charge in [-0.1, -0.05) is 17.7 Å². The van der Waals surface area contributed by atoms with Crippen LogP contribution in [0.15, 0.2) is 29.2 Å². The maximum Gasteiger partial charge on any atom is 0.243 e. The minimum Gasteiger partial charge on any atom is -0.299 e. The fourth-order valence-corrected chi connectivity index (χ4v) is 4.46. The lowest BCUT2D eigenvalue weighted by molar-refractivity contribution is -0.130. The van der Waals surface area contributed by atoms with Gasteiger partial charge in [0.1, 0.15) is 5.78 Å². The summed E-state index contributed by atoms with van der Waals surface area (Å²) in [5, 5.41) is 0. The Hall–Kier alpha value is -1.20. The quantitative estimate of drug-likeness (QED) is 0.811. The lowest BCUT2D eigenvalue weighted by Gasteiger charge is -2.33. The number of benzene rings is 1. The van der Waals surface area contributed by atoms with Crippen molar-refractivity contribution in [2.75, 3.05) is 6.54 Å². The third-order valence-corrected chi connectivity index (χ3v) is 5.89. The van der Waals surface area contributed by atoms with Crippen molar-refractivity contribution in [3.05, 3.63) is 29.8 Å². The van der Waals surface area contributed by atoms with Crippen LogP contribution < -0.4 is 0 Å². The van der Waals surface area contributed by atoms with Crippen LogP contribution in [-0.4, -0.2) is 31.1 Å². The van der Waals surface area contributed by atoms with E-state index in [0.717, 1.165) is 5.56 Å². The molecule has 2 fully saturated rings. The minimum atomic E-state index is -3.43. The maximum absolute atomic E-state index is 12.5. The summed E-state index contributed by atoms with van der Waals surface area (Å²) in [5.74, 6) is 0.159. The second-order valence-corrected chi connectivity index (χ2v) is 6.95. The van der Waals surface area contributed by atoms with Crippen molar-refractivity contribution in [3.63, 3.8) is 0 Å². The van der Waals surface area contributed by atoms with E-state index in [2.05, 4.69) is 0 Å². The largest absolute Gasteiger partial charge is 0.299 e. The van der Waals surface area contributed by atoms with Gasteiger partial charge in [0.2, 0.25) is 10.0 Å². The number of hydrogen-bond acceptors (Lipinski definition) is 3. The molecule has 1 aromatic carbocycles. The number of Topliss-reactive ketones (excluding diaryl/α,β-unsaturated/α-hetero) is 1. The molecular weight excluding hydrogens is 250 g/mol. The van der Waals surface area contributed by atoms with Gasteiger partial charge in [-0.2, -0.15) is 4.31 Å². The number of ketones is 1. The molecule has 5 heteroatoms. The molecule has 2 aliphatic rings. The topological polar surface area (TPSA) is 54.5 Å². The first-order chi connectivity index (χ1) is 8.50. The molecule has 0 N–H and O–H groups in total. The molecule has 3 rings (SSSR count). The molecule has 4 nitrogen and oxygen atoms in total. The van der Waals surface area contributed by atoms with E-state index in [4.69, 9.17) is 0 Å². The standard InChI is InChI=1S/C13H15NO3S/c1-9-2-4-10(5-3-9)18(16,17)14-7-6-11-12(14)8-13(11)15/h2-5,11-12H,6-8H2,1H3/t11-,12-/m0/s1. The minimum absolute atomic E-state index is 0.0507. The van der Waals surface area contributed by atoms with Gasteiger partial charge in [0, 0.05) is 24.9 Å². The van der Waals surface area contributed by atoms with E-state index in [1.54, 1.807) is 24.3 Å². The van der Waals surface area contributed by atoms with Gasteiger partial charge < -0.3 is 0 Å². The molecule has 1 aliphatic carbocycles. The van der Waals surface area contributed by atoms with E-state index in [0.29, 0.717) is 24.3 Å². The van der Waals surface area contributed by atoms with Crippen molar-refractivity contribution >= 4 is 15.8 Å². The fraction of sp³-hybridized carbons (Fsp3) is 0.462. The molecule has 0 spiro atoms. The van der Waals surface area contributed by atoms with Gasteiger partial charge in [-0.25, -0.2) is 8.42 Å². The second-order valence-electron chi connectivity index (χ2n) is 5.06. The lowest BCUT2D eigenvalue weighted by Crippen LogP contribution is -2.48. The van der Waals surface area contributed by atoms with Gasteiger partial charge in [0.15, 0.2) is 0 Å². The molecule has 0 amide bonds. The number of fused-ring (bicyclic) bond motifs is 1. The van der Waals surface area contributed by atoms with E-state index < -0.39 is 10.0 Å². The van der Waals surface area contributed by atoms with Crippen LogP contribution in [-0.2, 0) is 14.8 Å². The Morgan fingerprint density at radius 3 is 2.44 bits per heavy atom. The van der Waals surface area contributed by atoms with Crippen molar-refractivity contribution in [2.45, 2.75) is 30.7 Å². The summed E-state index contributed by atoms with van der Waals surface area (Å²) >= 11 is 0. The van der Waals surface area contributed by atoms with Gasteiger partial charge >= 0.3 is 0 Å². The molecular formula is C13H15NO3S. The summed E-state index contributed by atoms with van der Waals surface area (Å²) in [7, 11) is -3.43. The van der Waals surface area contributed by atoms with Crippen molar-refractivity contribution in [3.8, 4) is 0 Å². The van der Waals surface area contributed by atoms with Crippen LogP contribution in [0.1, 0.15) is 18.4 Å². The molecule has 96 valence electrons. The van der Waals surface area contributed by atoms with Gasteiger partial charge in [0.05, 0.1) is 4.90 Å². The monoisotopic (exact) mass is 265 g/mol. The summed E-state index contributed by atoms with van der Waals surface area (Å²) in [6, 6.07) is 6.78. The molecule has 0 radical (unpaired) electrons. The zero-order valence-corrected chi connectivity index (χ0v) is 11.0. The summed E-state index contributed by atoms with van der Waals surface area (Å²) in [4.78, 5) is 11.7. The summed E-state index contributed by atoms with van der Waals surface area (Å²) in [6.45, 7) is 2.39. The van der Waals surface area contributed by atoms with E-state index in [9.17, 15) is 13.2 Å². The van der Waals surface area contributed by atoms with Crippen LogP contribution in [0.2, 0.25) is 0 Å². The van der Waals surface area contributed by atoms with Crippen LogP contribution in [0.25, 0.3) is 0 Å². The smallest absolute Gasteiger partial charge is 0.243 e. The molecule has 0 unspecified atom stereocenters. The maximum atomic E-state index is 12.5. The summed E-state index contributed by atoms with van der Waals surface area (Å²) < 4.78 is 26.4. The first kappa shape index (κ1) is 11.9. The normalized spacial score (nSPS) is 27.9. The number of nitrogens with zero attached hydrogens (tertiary/aromatic N) is 1. The summed E-state index contributed by atoms with van der Waals surface area (Å²) in [6.07, 6.45) is 1.06. The van der Waals surface area contributed by atoms with Gasteiger partial charge in [0.25, 0.3) is 0 Å². The Bertz CT molecular complexity index is 591. The van der Waals surface area contributed by atoms with Crippen LogP contribution in [0.3, 0.4) is 0 Å². The van der Waals surface area contributed by atoms with E-state index in [1.165, 1.54) is 4.31 Å². The Kier molecular flexibility index (Phi) is 2.57.